The highest BCUT2D eigenvalue weighted by molar-refractivity contribution is 7.17. The molecule has 4 heterocycles. The Hall–Kier alpha value is -2.79. The maximum Gasteiger partial charge on any atom is 0.267 e. The monoisotopic (exact) mass is 499 g/mol. The standard InChI is InChI=1S/C23H26ClN7O2S/c1-13-5-3-6-15(24)21(13)29-22(33)18-10-25-23(34-18)28-19-9-20(27-14(2)26-19)31-12-16-17(31)11-30(16)7-4-8-32/h3,5-6,9-10,16-17,32H,4,7-8,11-12H2,1-2H3,(H,29,33)(H,25,26,27,28)/t16?,17-/m0/s1. The summed E-state index contributed by atoms with van der Waals surface area (Å²) in [5, 5.41) is 16.2. The summed E-state index contributed by atoms with van der Waals surface area (Å²) in [6.45, 7) is 6.86. The SMILES string of the molecule is Cc1nc(Nc2ncc(C(=O)Nc3c(C)cccc3Cl)s2)cc(N2CC3[C@@H]2CN3CCCO)n1. The van der Waals surface area contributed by atoms with Crippen molar-refractivity contribution in [2.24, 2.45) is 0 Å². The molecule has 9 nitrogen and oxygen atoms in total. The highest BCUT2D eigenvalue weighted by atomic mass is 35.5. The summed E-state index contributed by atoms with van der Waals surface area (Å²) in [6, 6.07) is 8.42. The van der Waals surface area contributed by atoms with Crippen molar-refractivity contribution in [1.82, 2.24) is 19.9 Å². The number of carbonyl (C=O) groups is 1. The van der Waals surface area contributed by atoms with Gasteiger partial charge in [0.2, 0.25) is 0 Å². The number of hydrogen-bond donors (Lipinski definition) is 3. The Balaban J connectivity index is 1.24. The molecule has 2 aliphatic heterocycles. The number of amides is 1. The zero-order valence-corrected chi connectivity index (χ0v) is 20.5. The summed E-state index contributed by atoms with van der Waals surface area (Å²) in [5.74, 6) is 1.94. The Kier molecular flexibility index (Phi) is 6.39. The van der Waals surface area contributed by atoms with E-state index in [0.29, 0.717) is 44.4 Å². The first-order valence-electron chi connectivity index (χ1n) is 11.2. The molecule has 2 aliphatic rings. The topological polar surface area (TPSA) is 107 Å². The number of rotatable bonds is 8. The van der Waals surface area contributed by atoms with Crippen LogP contribution in [-0.2, 0) is 0 Å². The van der Waals surface area contributed by atoms with Gasteiger partial charge in [-0.05, 0) is 31.9 Å². The first-order valence-corrected chi connectivity index (χ1v) is 12.4. The van der Waals surface area contributed by atoms with Crippen molar-refractivity contribution in [2.45, 2.75) is 32.4 Å². The minimum atomic E-state index is -0.260. The molecule has 0 radical (unpaired) electrons. The van der Waals surface area contributed by atoms with Crippen molar-refractivity contribution in [3.63, 3.8) is 0 Å². The summed E-state index contributed by atoms with van der Waals surface area (Å²) >= 11 is 7.48. The van der Waals surface area contributed by atoms with Crippen LogP contribution in [0.3, 0.4) is 0 Å². The fourth-order valence-electron chi connectivity index (χ4n) is 4.41. The predicted molar refractivity (Wildman–Crippen MR) is 135 cm³/mol. The van der Waals surface area contributed by atoms with E-state index < -0.39 is 0 Å². The zero-order valence-electron chi connectivity index (χ0n) is 19.0. The second-order valence-corrected chi connectivity index (χ2v) is 10.00. The highest BCUT2D eigenvalue weighted by Gasteiger charge is 2.51. The number of para-hydroxylation sites is 1. The second-order valence-electron chi connectivity index (χ2n) is 8.56. The molecule has 0 saturated carbocycles. The molecule has 2 aromatic heterocycles. The number of carbonyl (C=O) groups excluding carboxylic acids is 1. The van der Waals surface area contributed by atoms with Gasteiger partial charge in [-0.2, -0.15) is 0 Å². The number of benzene rings is 1. The first kappa shape index (κ1) is 23.0. The van der Waals surface area contributed by atoms with E-state index in [9.17, 15) is 4.79 Å². The average molecular weight is 500 g/mol. The van der Waals surface area contributed by atoms with Crippen molar-refractivity contribution in [1.29, 1.82) is 0 Å². The smallest absolute Gasteiger partial charge is 0.267 e. The van der Waals surface area contributed by atoms with Crippen LogP contribution in [0.5, 0.6) is 0 Å². The molecular weight excluding hydrogens is 474 g/mol. The van der Waals surface area contributed by atoms with Gasteiger partial charge in [0, 0.05) is 38.3 Å². The minimum Gasteiger partial charge on any atom is -0.396 e. The molecule has 1 aromatic carbocycles. The number of anilines is 4. The predicted octanol–water partition coefficient (Wildman–Crippen LogP) is 3.45. The lowest BCUT2D eigenvalue weighted by atomic mass is 9.85. The van der Waals surface area contributed by atoms with Gasteiger partial charge in [0.15, 0.2) is 5.13 Å². The maximum atomic E-state index is 12.7. The number of nitrogens with one attached hydrogen (secondary N) is 2. The number of piperazine rings is 1. The fourth-order valence-corrected chi connectivity index (χ4v) is 5.40. The van der Waals surface area contributed by atoms with Crippen molar-refractivity contribution < 1.29 is 9.90 Å². The van der Waals surface area contributed by atoms with E-state index in [0.717, 1.165) is 37.4 Å². The maximum absolute atomic E-state index is 12.7. The van der Waals surface area contributed by atoms with Gasteiger partial charge < -0.3 is 20.6 Å². The Morgan fingerprint density at radius 1 is 1.26 bits per heavy atom. The molecular formula is C23H26ClN7O2S. The molecule has 178 valence electrons. The Bertz CT molecular complexity index is 1200. The molecule has 2 fully saturated rings. The van der Waals surface area contributed by atoms with Crippen molar-refractivity contribution in [3.05, 3.63) is 51.7 Å². The van der Waals surface area contributed by atoms with Gasteiger partial charge in [0.05, 0.1) is 22.9 Å². The van der Waals surface area contributed by atoms with Crippen LogP contribution in [0.15, 0.2) is 30.5 Å². The molecule has 3 N–H and O–H groups in total. The van der Waals surface area contributed by atoms with E-state index >= 15 is 0 Å². The summed E-state index contributed by atoms with van der Waals surface area (Å²) in [7, 11) is 0. The number of aromatic nitrogens is 3. The molecule has 3 aromatic rings. The van der Waals surface area contributed by atoms with Gasteiger partial charge in [-0.1, -0.05) is 35.1 Å². The fraction of sp³-hybridized carbons (Fsp3) is 0.391. The van der Waals surface area contributed by atoms with E-state index in [1.165, 1.54) is 11.3 Å². The van der Waals surface area contributed by atoms with E-state index in [-0.39, 0.29) is 12.5 Å². The highest BCUT2D eigenvalue weighted by Crippen LogP contribution is 2.37. The summed E-state index contributed by atoms with van der Waals surface area (Å²) in [6.07, 6.45) is 2.36. The van der Waals surface area contributed by atoms with Crippen LogP contribution in [0, 0.1) is 13.8 Å². The molecule has 0 bridgehead atoms. The number of fused-ring (bicyclic) bond motifs is 1. The number of hydrogen-bond acceptors (Lipinski definition) is 9. The van der Waals surface area contributed by atoms with Crippen LogP contribution in [0.4, 0.5) is 22.5 Å². The lowest BCUT2D eigenvalue weighted by Gasteiger charge is -2.62. The largest absolute Gasteiger partial charge is 0.396 e. The Morgan fingerprint density at radius 2 is 2.12 bits per heavy atom. The number of aliphatic hydroxyl groups is 1. The molecule has 1 unspecified atom stereocenters. The lowest BCUT2D eigenvalue weighted by molar-refractivity contribution is 0.00674. The summed E-state index contributed by atoms with van der Waals surface area (Å²) < 4.78 is 0. The Morgan fingerprint density at radius 3 is 2.85 bits per heavy atom. The van der Waals surface area contributed by atoms with Gasteiger partial charge >= 0.3 is 0 Å². The molecule has 1 amide bonds. The number of nitrogens with zero attached hydrogens (tertiary/aromatic N) is 5. The average Bonchev–Trinajstić information content (AvgIpc) is 3.25. The molecule has 2 saturated heterocycles. The van der Waals surface area contributed by atoms with Crippen LogP contribution < -0.4 is 15.5 Å². The minimum absolute atomic E-state index is 0.234. The van der Waals surface area contributed by atoms with Crippen LogP contribution in [0.1, 0.15) is 27.5 Å². The van der Waals surface area contributed by atoms with E-state index in [4.69, 9.17) is 16.7 Å². The summed E-state index contributed by atoms with van der Waals surface area (Å²) in [4.78, 5) is 31.4. The van der Waals surface area contributed by atoms with Crippen LogP contribution in [0.25, 0.3) is 0 Å². The third-order valence-electron chi connectivity index (χ3n) is 6.27. The normalized spacial score (nSPS) is 19.2. The van der Waals surface area contributed by atoms with Gasteiger partial charge in [-0.25, -0.2) is 15.0 Å². The molecule has 0 aliphatic carbocycles. The van der Waals surface area contributed by atoms with Gasteiger partial charge in [0.25, 0.3) is 5.91 Å². The van der Waals surface area contributed by atoms with E-state index in [2.05, 4.69) is 35.4 Å². The second kappa shape index (κ2) is 9.46. The van der Waals surface area contributed by atoms with E-state index in [1.807, 2.05) is 32.0 Å². The number of thiazole rings is 1. The molecule has 2 atom stereocenters. The number of likely N-dealkylation sites (tertiary alicyclic amines) is 1. The number of halogens is 1. The number of aliphatic hydroxyl groups excluding tert-OH is 1. The quantitative estimate of drug-likeness (QED) is 0.432. The molecule has 0 spiro atoms. The van der Waals surface area contributed by atoms with Crippen molar-refractivity contribution >= 4 is 51.3 Å². The van der Waals surface area contributed by atoms with Crippen molar-refractivity contribution in [3.8, 4) is 0 Å². The van der Waals surface area contributed by atoms with Gasteiger partial charge in [-0.3, -0.25) is 9.69 Å². The third kappa shape index (κ3) is 4.46. The van der Waals surface area contributed by atoms with Gasteiger partial charge in [-0.15, -0.1) is 0 Å². The van der Waals surface area contributed by atoms with Crippen LogP contribution >= 0.6 is 22.9 Å². The molecule has 5 rings (SSSR count). The first-order chi connectivity index (χ1) is 16.4. The lowest BCUT2D eigenvalue weighted by Crippen LogP contribution is -2.79. The van der Waals surface area contributed by atoms with E-state index in [1.54, 1.807) is 12.3 Å². The van der Waals surface area contributed by atoms with Crippen molar-refractivity contribution in [2.75, 3.05) is 41.8 Å². The Labute approximate surface area is 206 Å². The van der Waals surface area contributed by atoms with Gasteiger partial charge in [0.1, 0.15) is 22.3 Å². The third-order valence-corrected chi connectivity index (χ3v) is 7.49. The molecule has 11 heteroatoms. The van der Waals surface area contributed by atoms with Crippen LogP contribution in [-0.4, -0.2) is 69.2 Å². The zero-order chi connectivity index (χ0) is 23.8. The molecule has 34 heavy (non-hydrogen) atoms. The van der Waals surface area contributed by atoms with Crippen LogP contribution in [0.2, 0.25) is 5.02 Å². The number of aryl methyl sites for hydroxylation is 2. The summed E-state index contributed by atoms with van der Waals surface area (Å²) in [5.41, 5.74) is 1.50.